The molecule has 0 aliphatic rings. The molecular formula is C12H25NO. The third kappa shape index (κ3) is 2.81. The molecule has 0 saturated heterocycles. The van der Waals surface area contributed by atoms with Crippen LogP contribution in [0.3, 0.4) is 0 Å². The van der Waals surface area contributed by atoms with E-state index >= 15 is 0 Å². The van der Waals surface area contributed by atoms with Crippen LogP contribution in [0.5, 0.6) is 0 Å². The zero-order valence-corrected chi connectivity index (χ0v) is 10.4. The van der Waals surface area contributed by atoms with Gasteiger partial charge in [0.15, 0.2) is 5.78 Å². The molecule has 0 spiro atoms. The first-order valence-corrected chi connectivity index (χ1v) is 5.85. The Bertz CT molecular complexity index is 175. The highest BCUT2D eigenvalue weighted by Crippen LogP contribution is 2.22. The van der Waals surface area contributed by atoms with E-state index < -0.39 is 0 Å². The zero-order valence-electron chi connectivity index (χ0n) is 10.4. The Hall–Kier alpha value is -0.370. The quantitative estimate of drug-likeness (QED) is 0.628. The normalized spacial score (nSPS) is 15.6. The highest BCUT2D eigenvalue weighted by molar-refractivity contribution is 5.87. The van der Waals surface area contributed by atoms with Gasteiger partial charge in [-0.2, -0.15) is 0 Å². The fourth-order valence-electron chi connectivity index (χ4n) is 2.02. The van der Waals surface area contributed by atoms with Gasteiger partial charge in [0.2, 0.25) is 0 Å². The number of hydrogen-bond acceptors (Lipinski definition) is 2. The minimum atomic E-state index is -0.237. The number of carbonyl (C=O) groups is 1. The van der Waals surface area contributed by atoms with Gasteiger partial charge in [0.1, 0.15) is 0 Å². The molecule has 0 rings (SSSR count). The molecule has 0 N–H and O–H groups in total. The molecule has 0 radical (unpaired) electrons. The standard InChI is InChI=1S/C12H25NO/c1-6-10-11(14)12(5,7-2)13(8-3)9-4/h6-10H2,1-5H3. The van der Waals surface area contributed by atoms with Gasteiger partial charge < -0.3 is 0 Å². The lowest BCUT2D eigenvalue weighted by molar-refractivity contribution is -0.130. The average Bonchev–Trinajstić information content (AvgIpc) is 2.19. The van der Waals surface area contributed by atoms with Gasteiger partial charge in [0.25, 0.3) is 0 Å². The molecule has 0 aromatic carbocycles. The molecule has 0 amide bonds. The van der Waals surface area contributed by atoms with Crippen LogP contribution in [0.15, 0.2) is 0 Å². The first-order valence-electron chi connectivity index (χ1n) is 5.85. The van der Waals surface area contributed by atoms with Crippen LogP contribution >= 0.6 is 0 Å². The van der Waals surface area contributed by atoms with Crippen LogP contribution in [0, 0.1) is 0 Å². The topological polar surface area (TPSA) is 20.3 Å². The second-order valence-electron chi connectivity index (χ2n) is 3.97. The van der Waals surface area contributed by atoms with Crippen LogP contribution in [-0.2, 0) is 4.79 Å². The highest BCUT2D eigenvalue weighted by Gasteiger charge is 2.34. The molecule has 84 valence electrons. The van der Waals surface area contributed by atoms with Crippen LogP contribution in [0.25, 0.3) is 0 Å². The second kappa shape index (κ2) is 6.18. The summed E-state index contributed by atoms with van der Waals surface area (Å²) in [5, 5.41) is 0. The van der Waals surface area contributed by atoms with Crippen molar-refractivity contribution < 1.29 is 4.79 Å². The Balaban J connectivity index is 4.66. The van der Waals surface area contributed by atoms with Crippen molar-refractivity contribution >= 4 is 5.78 Å². The van der Waals surface area contributed by atoms with Crippen molar-refractivity contribution in [3.8, 4) is 0 Å². The lowest BCUT2D eigenvalue weighted by Crippen LogP contribution is -2.51. The molecule has 1 atom stereocenters. The molecule has 2 nitrogen and oxygen atoms in total. The average molecular weight is 199 g/mol. The number of likely N-dealkylation sites (N-methyl/N-ethyl adjacent to an activating group) is 1. The molecule has 0 aliphatic heterocycles. The van der Waals surface area contributed by atoms with Gasteiger partial charge in [-0.25, -0.2) is 0 Å². The van der Waals surface area contributed by atoms with Crippen LogP contribution in [0.1, 0.15) is 53.9 Å². The summed E-state index contributed by atoms with van der Waals surface area (Å²) in [5.74, 6) is 0.395. The molecule has 14 heavy (non-hydrogen) atoms. The first kappa shape index (κ1) is 13.6. The monoisotopic (exact) mass is 199 g/mol. The van der Waals surface area contributed by atoms with Crippen molar-refractivity contribution in [3.63, 3.8) is 0 Å². The molecule has 0 fully saturated rings. The summed E-state index contributed by atoms with van der Waals surface area (Å²) in [7, 11) is 0. The van der Waals surface area contributed by atoms with E-state index in [0.717, 1.165) is 25.9 Å². The lowest BCUT2D eigenvalue weighted by atomic mass is 9.88. The Morgan fingerprint density at radius 3 is 1.93 bits per heavy atom. The van der Waals surface area contributed by atoms with E-state index in [0.29, 0.717) is 12.2 Å². The predicted octanol–water partition coefficient (Wildman–Crippen LogP) is 2.87. The maximum Gasteiger partial charge on any atom is 0.152 e. The van der Waals surface area contributed by atoms with Gasteiger partial charge in [0, 0.05) is 6.42 Å². The van der Waals surface area contributed by atoms with Crippen molar-refractivity contribution in [2.75, 3.05) is 13.1 Å². The molecule has 0 heterocycles. The van der Waals surface area contributed by atoms with Crippen LogP contribution in [0.4, 0.5) is 0 Å². The zero-order chi connectivity index (χ0) is 11.2. The molecule has 1 unspecified atom stereocenters. The smallest absolute Gasteiger partial charge is 0.152 e. The Labute approximate surface area is 88.7 Å². The van der Waals surface area contributed by atoms with Gasteiger partial charge in [-0.05, 0) is 32.9 Å². The summed E-state index contributed by atoms with van der Waals surface area (Å²) in [5.41, 5.74) is -0.237. The van der Waals surface area contributed by atoms with Gasteiger partial charge in [-0.3, -0.25) is 9.69 Å². The molecule has 2 heteroatoms. The van der Waals surface area contributed by atoms with Crippen molar-refractivity contribution in [3.05, 3.63) is 0 Å². The minimum absolute atomic E-state index is 0.237. The first-order chi connectivity index (χ1) is 6.56. The number of rotatable bonds is 7. The molecule has 0 aromatic heterocycles. The maximum absolute atomic E-state index is 12.0. The number of nitrogens with zero attached hydrogens (tertiary/aromatic N) is 1. The van der Waals surface area contributed by atoms with Crippen molar-refractivity contribution in [1.29, 1.82) is 0 Å². The largest absolute Gasteiger partial charge is 0.298 e. The van der Waals surface area contributed by atoms with E-state index in [9.17, 15) is 4.79 Å². The van der Waals surface area contributed by atoms with Crippen LogP contribution in [-0.4, -0.2) is 29.3 Å². The predicted molar refractivity (Wildman–Crippen MR) is 61.5 cm³/mol. The van der Waals surface area contributed by atoms with E-state index in [-0.39, 0.29) is 5.54 Å². The summed E-state index contributed by atoms with van der Waals surface area (Å²) >= 11 is 0. The van der Waals surface area contributed by atoms with E-state index in [2.05, 4.69) is 39.5 Å². The molecular weight excluding hydrogens is 174 g/mol. The summed E-state index contributed by atoms with van der Waals surface area (Å²) in [6.45, 7) is 12.4. The number of ketones is 1. The molecule has 0 aromatic rings. The van der Waals surface area contributed by atoms with E-state index in [4.69, 9.17) is 0 Å². The van der Waals surface area contributed by atoms with Crippen molar-refractivity contribution in [1.82, 2.24) is 4.90 Å². The number of carbonyl (C=O) groups excluding carboxylic acids is 1. The second-order valence-corrected chi connectivity index (χ2v) is 3.97. The fourth-order valence-corrected chi connectivity index (χ4v) is 2.02. The maximum atomic E-state index is 12.0. The minimum Gasteiger partial charge on any atom is -0.298 e. The highest BCUT2D eigenvalue weighted by atomic mass is 16.1. The Morgan fingerprint density at radius 2 is 1.64 bits per heavy atom. The van der Waals surface area contributed by atoms with Crippen LogP contribution in [0.2, 0.25) is 0 Å². The summed E-state index contributed by atoms with van der Waals surface area (Å²) < 4.78 is 0. The van der Waals surface area contributed by atoms with Crippen molar-refractivity contribution in [2.45, 2.75) is 59.4 Å². The molecule has 0 bridgehead atoms. The Kier molecular flexibility index (Phi) is 6.01. The summed E-state index contributed by atoms with van der Waals surface area (Å²) in [6.07, 6.45) is 2.57. The lowest BCUT2D eigenvalue weighted by Gasteiger charge is -2.38. The van der Waals surface area contributed by atoms with Gasteiger partial charge in [-0.1, -0.05) is 27.7 Å². The summed E-state index contributed by atoms with van der Waals surface area (Å²) in [4.78, 5) is 14.3. The van der Waals surface area contributed by atoms with Gasteiger partial charge in [-0.15, -0.1) is 0 Å². The third-order valence-electron chi connectivity index (χ3n) is 3.23. The SMILES string of the molecule is CCCC(=O)C(C)(CC)N(CC)CC. The van der Waals surface area contributed by atoms with Crippen molar-refractivity contribution in [2.24, 2.45) is 0 Å². The molecule has 0 saturated carbocycles. The van der Waals surface area contributed by atoms with Gasteiger partial charge in [0.05, 0.1) is 5.54 Å². The third-order valence-corrected chi connectivity index (χ3v) is 3.23. The molecule has 0 aliphatic carbocycles. The van der Waals surface area contributed by atoms with E-state index in [1.807, 2.05) is 0 Å². The van der Waals surface area contributed by atoms with E-state index in [1.165, 1.54) is 0 Å². The Morgan fingerprint density at radius 1 is 1.14 bits per heavy atom. The van der Waals surface area contributed by atoms with Crippen LogP contribution < -0.4 is 0 Å². The summed E-state index contributed by atoms with van der Waals surface area (Å²) in [6, 6.07) is 0. The number of Topliss-reactive ketones (excluding diaryl/α,β-unsaturated/α-hetero) is 1. The fraction of sp³-hybridized carbons (Fsp3) is 0.917. The van der Waals surface area contributed by atoms with E-state index in [1.54, 1.807) is 0 Å². The van der Waals surface area contributed by atoms with Gasteiger partial charge >= 0.3 is 0 Å². The number of hydrogen-bond donors (Lipinski definition) is 0.